The van der Waals surface area contributed by atoms with Crippen LogP contribution < -0.4 is 11.3 Å². The number of benzene rings is 1. The summed E-state index contributed by atoms with van der Waals surface area (Å²) in [5.41, 5.74) is 7.54. The Balaban J connectivity index is 2.50. The van der Waals surface area contributed by atoms with Gasteiger partial charge in [-0.2, -0.15) is 0 Å². The van der Waals surface area contributed by atoms with Gasteiger partial charge in [-0.1, -0.05) is 15.9 Å². The van der Waals surface area contributed by atoms with Crippen LogP contribution >= 0.6 is 31.9 Å². The van der Waals surface area contributed by atoms with E-state index in [1.807, 2.05) is 0 Å². The van der Waals surface area contributed by atoms with E-state index in [0.29, 0.717) is 21.3 Å². The molecule has 1 aromatic carbocycles. The van der Waals surface area contributed by atoms with E-state index in [1.165, 1.54) is 16.7 Å². The second-order valence-corrected chi connectivity index (χ2v) is 5.84. The first-order valence-corrected chi connectivity index (χ1v) is 7.07. The third-order valence-corrected chi connectivity index (χ3v) is 4.56. The molecule has 2 aromatic rings. The summed E-state index contributed by atoms with van der Waals surface area (Å²) < 4.78 is 15.9. The van der Waals surface area contributed by atoms with E-state index in [0.717, 1.165) is 4.47 Å². The van der Waals surface area contributed by atoms with Crippen molar-refractivity contribution in [2.45, 2.75) is 13.5 Å². The summed E-state index contributed by atoms with van der Waals surface area (Å²) in [6.45, 7) is 2.02. The Kier molecular flexibility index (Phi) is 4.10. The molecule has 0 saturated heterocycles. The molecule has 6 heteroatoms. The van der Waals surface area contributed by atoms with Gasteiger partial charge in [-0.05, 0) is 52.2 Å². The van der Waals surface area contributed by atoms with E-state index in [2.05, 4.69) is 31.9 Å². The molecule has 2 rings (SSSR count). The predicted octanol–water partition coefficient (Wildman–Crippen LogP) is 3.45. The second-order valence-electron chi connectivity index (χ2n) is 4.19. The molecule has 0 bridgehead atoms. The van der Waals surface area contributed by atoms with Crippen molar-refractivity contribution in [2.75, 3.05) is 5.73 Å². The van der Waals surface area contributed by atoms with Crippen molar-refractivity contribution in [1.82, 2.24) is 4.57 Å². The fourth-order valence-electron chi connectivity index (χ4n) is 1.70. The normalized spacial score (nSPS) is 10.7. The van der Waals surface area contributed by atoms with E-state index in [9.17, 15) is 9.18 Å². The number of halogens is 3. The summed E-state index contributed by atoms with van der Waals surface area (Å²) in [5, 5.41) is 0. The highest BCUT2D eigenvalue weighted by molar-refractivity contribution is 9.10. The maximum absolute atomic E-state index is 13.2. The van der Waals surface area contributed by atoms with Crippen molar-refractivity contribution in [2.24, 2.45) is 0 Å². The molecule has 3 nitrogen and oxygen atoms in total. The third kappa shape index (κ3) is 2.90. The van der Waals surface area contributed by atoms with Gasteiger partial charge >= 0.3 is 0 Å². The van der Waals surface area contributed by atoms with Crippen molar-refractivity contribution in [3.8, 4) is 0 Å². The van der Waals surface area contributed by atoms with Gasteiger partial charge in [0.2, 0.25) is 0 Å². The average molecular weight is 390 g/mol. The zero-order valence-corrected chi connectivity index (χ0v) is 13.3. The Morgan fingerprint density at radius 1 is 1.37 bits per heavy atom. The van der Waals surface area contributed by atoms with Crippen LogP contribution in [0.2, 0.25) is 0 Å². The fraction of sp³-hybridized carbons (Fsp3) is 0.154. The van der Waals surface area contributed by atoms with Crippen molar-refractivity contribution in [3.05, 3.63) is 60.6 Å². The van der Waals surface area contributed by atoms with E-state index in [-0.39, 0.29) is 17.9 Å². The van der Waals surface area contributed by atoms with Crippen molar-refractivity contribution < 1.29 is 4.39 Å². The molecule has 2 N–H and O–H groups in total. The number of anilines is 1. The van der Waals surface area contributed by atoms with Gasteiger partial charge in [-0.3, -0.25) is 4.79 Å². The molecule has 0 aliphatic heterocycles. The first-order valence-electron chi connectivity index (χ1n) is 5.49. The quantitative estimate of drug-likeness (QED) is 0.854. The number of hydrogen-bond acceptors (Lipinski definition) is 2. The van der Waals surface area contributed by atoms with Crippen molar-refractivity contribution >= 4 is 37.5 Å². The van der Waals surface area contributed by atoms with E-state index in [1.54, 1.807) is 19.2 Å². The second kappa shape index (κ2) is 5.46. The van der Waals surface area contributed by atoms with Crippen molar-refractivity contribution in [3.63, 3.8) is 0 Å². The van der Waals surface area contributed by atoms with E-state index in [4.69, 9.17) is 5.73 Å². The standard InChI is InChI=1S/C13H11Br2FN2O/c1-7-11(17)6-18(13(19)12(7)15)5-8-4-9(16)2-3-10(8)14/h2-4,6H,5,17H2,1H3. The zero-order valence-electron chi connectivity index (χ0n) is 10.1. The molecule has 0 aliphatic carbocycles. The summed E-state index contributed by atoms with van der Waals surface area (Å²) in [6, 6.07) is 4.36. The molecule has 0 unspecified atom stereocenters. The maximum atomic E-state index is 13.2. The van der Waals surface area contributed by atoms with Crippen LogP contribution in [-0.4, -0.2) is 4.57 Å². The smallest absolute Gasteiger partial charge is 0.265 e. The van der Waals surface area contributed by atoms with Crippen LogP contribution in [0.5, 0.6) is 0 Å². The topological polar surface area (TPSA) is 48.0 Å². The Hall–Kier alpha value is -1.14. The molecule has 19 heavy (non-hydrogen) atoms. The summed E-state index contributed by atoms with van der Waals surface area (Å²) >= 11 is 6.57. The predicted molar refractivity (Wildman–Crippen MR) is 80.8 cm³/mol. The van der Waals surface area contributed by atoms with Crippen molar-refractivity contribution in [1.29, 1.82) is 0 Å². The van der Waals surface area contributed by atoms with Crippen LogP contribution in [0.15, 0.2) is 38.1 Å². The first kappa shape index (κ1) is 14.3. The molecular formula is C13H11Br2FN2O. The molecule has 0 aliphatic rings. The molecular weight excluding hydrogens is 379 g/mol. The molecule has 100 valence electrons. The van der Waals surface area contributed by atoms with Crippen LogP contribution in [-0.2, 0) is 6.54 Å². The lowest BCUT2D eigenvalue weighted by molar-refractivity contribution is 0.622. The van der Waals surface area contributed by atoms with Crippen LogP contribution in [0, 0.1) is 12.7 Å². The molecule has 1 aromatic heterocycles. The lowest BCUT2D eigenvalue weighted by atomic mass is 10.2. The Morgan fingerprint density at radius 2 is 2.05 bits per heavy atom. The fourth-order valence-corrected chi connectivity index (χ4v) is 2.53. The number of pyridine rings is 1. The Bertz CT molecular complexity index is 698. The minimum absolute atomic E-state index is 0.192. The zero-order chi connectivity index (χ0) is 14.2. The lowest BCUT2D eigenvalue weighted by Crippen LogP contribution is -2.23. The maximum Gasteiger partial charge on any atom is 0.265 e. The summed E-state index contributed by atoms with van der Waals surface area (Å²) in [7, 11) is 0. The largest absolute Gasteiger partial charge is 0.397 e. The van der Waals surface area contributed by atoms with Gasteiger partial charge in [0.15, 0.2) is 0 Å². The number of nitrogen functional groups attached to an aromatic ring is 1. The molecule has 0 atom stereocenters. The number of rotatable bonds is 2. The third-order valence-electron chi connectivity index (χ3n) is 2.85. The number of hydrogen-bond donors (Lipinski definition) is 1. The van der Waals surface area contributed by atoms with Crippen LogP contribution in [0.1, 0.15) is 11.1 Å². The highest BCUT2D eigenvalue weighted by Gasteiger charge is 2.10. The van der Waals surface area contributed by atoms with E-state index >= 15 is 0 Å². The van der Waals surface area contributed by atoms with Gasteiger partial charge in [-0.25, -0.2) is 4.39 Å². The highest BCUT2D eigenvalue weighted by atomic mass is 79.9. The summed E-state index contributed by atoms with van der Waals surface area (Å²) in [6.07, 6.45) is 1.57. The van der Waals surface area contributed by atoms with Gasteiger partial charge in [0.25, 0.3) is 5.56 Å². The minimum Gasteiger partial charge on any atom is -0.397 e. The average Bonchev–Trinajstić information content (AvgIpc) is 2.37. The lowest BCUT2D eigenvalue weighted by Gasteiger charge is -2.11. The van der Waals surface area contributed by atoms with Gasteiger partial charge < -0.3 is 10.3 Å². The molecule has 0 saturated carbocycles. The van der Waals surface area contributed by atoms with Crippen LogP contribution in [0.3, 0.4) is 0 Å². The van der Waals surface area contributed by atoms with Crippen LogP contribution in [0.25, 0.3) is 0 Å². The van der Waals surface area contributed by atoms with Gasteiger partial charge in [0.05, 0.1) is 16.7 Å². The first-order chi connectivity index (χ1) is 8.90. The Morgan fingerprint density at radius 3 is 2.74 bits per heavy atom. The Labute approximate surface area is 126 Å². The SMILES string of the molecule is Cc1c(N)cn(Cc2cc(F)ccc2Br)c(=O)c1Br. The summed E-state index contributed by atoms with van der Waals surface area (Å²) in [4.78, 5) is 12.1. The molecule has 0 radical (unpaired) electrons. The number of nitrogens with zero attached hydrogens (tertiary/aromatic N) is 1. The molecule has 1 heterocycles. The number of aromatic nitrogens is 1. The van der Waals surface area contributed by atoms with Gasteiger partial charge in [0.1, 0.15) is 5.82 Å². The van der Waals surface area contributed by atoms with Gasteiger partial charge in [-0.15, -0.1) is 0 Å². The summed E-state index contributed by atoms with van der Waals surface area (Å²) in [5.74, 6) is -0.342. The molecule has 0 spiro atoms. The molecule has 0 amide bonds. The van der Waals surface area contributed by atoms with Crippen LogP contribution in [0.4, 0.5) is 10.1 Å². The van der Waals surface area contributed by atoms with Gasteiger partial charge in [0, 0.05) is 10.7 Å². The number of nitrogens with two attached hydrogens (primary N) is 1. The molecule has 0 fully saturated rings. The minimum atomic E-state index is -0.342. The van der Waals surface area contributed by atoms with E-state index < -0.39 is 0 Å². The monoisotopic (exact) mass is 388 g/mol. The highest BCUT2D eigenvalue weighted by Crippen LogP contribution is 2.21.